The first-order chi connectivity index (χ1) is 12.1. The van der Waals surface area contributed by atoms with Crippen molar-refractivity contribution in [2.24, 2.45) is 11.7 Å². The minimum Gasteiger partial charge on any atom is -0.465 e. The molecule has 0 aromatic heterocycles. The minimum absolute atomic E-state index is 0.198. The number of hydrogen-bond donors (Lipinski definition) is 1. The molecule has 25 heavy (non-hydrogen) atoms. The van der Waals surface area contributed by atoms with E-state index in [9.17, 15) is 4.79 Å². The van der Waals surface area contributed by atoms with Crippen molar-refractivity contribution in [3.63, 3.8) is 0 Å². The molecule has 0 spiro atoms. The summed E-state index contributed by atoms with van der Waals surface area (Å²) >= 11 is 0. The monoisotopic (exact) mass is 355 g/mol. The molecule has 0 aromatic rings. The molecule has 0 radical (unpaired) electrons. The van der Waals surface area contributed by atoms with Crippen molar-refractivity contribution in [2.75, 3.05) is 6.61 Å². The molecule has 0 amide bonds. The molecule has 0 rings (SSSR count). The Morgan fingerprint density at radius 3 is 1.56 bits per heavy atom. The van der Waals surface area contributed by atoms with Crippen LogP contribution in [0.15, 0.2) is 0 Å². The fraction of sp³-hybridized carbons (Fsp3) is 0.955. The van der Waals surface area contributed by atoms with Gasteiger partial charge in [0, 0.05) is 0 Å². The number of unbranched alkanes of at least 4 members (excludes halogenated alkanes) is 13. The number of esters is 1. The lowest BCUT2D eigenvalue weighted by Crippen LogP contribution is -2.38. The van der Waals surface area contributed by atoms with Crippen LogP contribution in [0.1, 0.15) is 117 Å². The van der Waals surface area contributed by atoms with Gasteiger partial charge in [-0.3, -0.25) is 4.79 Å². The molecular weight excluding hydrogens is 310 g/mol. The molecule has 0 bridgehead atoms. The van der Waals surface area contributed by atoms with E-state index in [1.54, 1.807) is 0 Å². The summed E-state index contributed by atoms with van der Waals surface area (Å²) in [4.78, 5) is 11.7. The largest absolute Gasteiger partial charge is 0.465 e. The first-order valence-electron chi connectivity index (χ1n) is 11.1. The predicted molar refractivity (Wildman–Crippen MR) is 109 cm³/mol. The molecule has 0 aliphatic carbocycles. The van der Waals surface area contributed by atoms with Crippen molar-refractivity contribution in [1.82, 2.24) is 0 Å². The van der Waals surface area contributed by atoms with E-state index in [4.69, 9.17) is 10.5 Å². The lowest BCUT2D eigenvalue weighted by Gasteiger charge is -2.16. The second kappa shape index (κ2) is 18.2. The van der Waals surface area contributed by atoms with Gasteiger partial charge < -0.3 is 10.5 Å². The third-order valence-corrected chi connectivity index (χ3v) is 5.27. The Balaban J connectivity index is 3.22. The molecule has 0 saturated carbocycles. The van der Waals surface area contributed by atoms with Crippen molar-refractivity contribution in [1.29, 1.82) is 0 Å². The highest BCUT2D eigenvalue weighted by Crippen LogP contribution is 2.13. The third kappa shape index (κ3) is 15.4. The second-order valence-corrected chi connectivity index (χ2v) is 7.68. The summed E-state index contributed by atoms with van der Waals surface area (Å²) in [7, 11) is 0. The van der Waals surface area contributed by atoms with Gasteiger partial charge in [-0.15, -0.1) is 0 Å². The molecule has 3 nitrogen and oxygen atoms in total. The fourth-order valence-electron chi connectivity index (χ4n) is 3.05. The van der Waals surface area contributed by atoms with Crippen molar-refractivity contribution < 1.29 is 9.53 Å². The fourth-order valence-corrected chi connectivity index (χ4v) is 3.05. The smallest absolute Gasteiger partial charge is 0.323 e. The summed E-state index contributed by atoms with van der Waals surface area (Å²) in [5.74, 6) is -0.0344. The quantitative estimate of drug-likeness (QED) is 0.229. The second-order valence-electron chi connectivity index (χ2n) is 7.68. The molecule has 150 valence electrons. The summed E-state index contributed by atoms with van der Waals surface area (Å²) in [6.45, 7) is 6.85. The van der Waals surface area contributed by atoms with E-state index >= 15 is 0 Å². The van der Waals surface area contributed by atoms with Gasteiger partial charge in [-0.2, -0.15) is 0 Å². The van der Waals surface area contributed by atoms with Gasteiger partial charge in [-0.1, -0.05) is 111 Å². The molecule has 3 heteroatoms. The van der Waals surface area contributed by atoms with Crippen LogP contribution < -0.4 is 5.73 Å². The number of rotatable bonds is 18. The number of carbonyl (C=O) groups is 1. The van der Waals surface area contributed by atoms with E-state index in [1.165, 1.54) is 77.0 Å². The molecule has 0 aliphatic heterocycles. The van der Waals surface area contributed by atoms with Gasteiger partial charge in [0.1, 0.15) is 6.04 Å². The van der Waals surface area contributed by atoms with E-state index in [0.717, 1.165) is 19.3 Å². The highest BCUT2D eigenvalue weighted by Gasteiger charge is 2.20. The zero-order valence-electron chi connectivity index (χ0n) is 17.4. The zero-order valence-corrected chi connectivity index (χ0v) is 17.4. The van der Waals surface area contributed by atoms with Gasteiger partial charge in [0.15, 0.2) is 0 Å². The summed E-state index contributed by atoms with van der Waals surface area (Å²) in [5, 5.41) is 0. The van der Waals surface area contributed by atoms with Crippen LogP contribution in [-0.2, 0) is 9.53 Å². The Morgan fingerprint density at radius 2 is 1.16 bits per heavy atom. The molecule has 0 unspecified atom stereocenters. The maximum absolute atomic E-state index is 11.7. The standard InChI is InChI=1S/C22H45NO2/c1-4-6-7-8-9-10-11-12-13-14-15-16-17-18-19-25-22(24)21(23)20(3)5-2/h20-21H,4-19,23H2,1-3H3/t20-,21-/m0/s1. The van der Waals surface area contributed by atoms with Crippen LogP contribution in [0.25, 0.3) is 0 Å². The third-order valence-electron chi connectivity index (χ3n) is 5.27. The van der Waals surface area contributed by atoms with E-state index in [2.05, 4.69) is 6.92 Å². The highest BCUT2D eigenvalue weighted by molar-refractivity contribution is 5.75. The van der Waals surface area contributed by atoms with Crippen LogP contribution in [0.4, 0.5) is 0 Å². The predicted octanol–water partition coefficient (Wildman–Crippen LogP) is 6.38. The van der Waals surface area contributed by atoms with Gasteiger partial charge in [-0.05, 0) is 12.3 Å². The first-order valence-corrected chi connectivity index (χ1v) is 11.1. The molecule has 2 N–H and O–H groups in total. The summed E-state index contributed by atoms with van der Waals surface area (Å²) < 4.78 is 5.27. The van der Waals surface area contributed by atoms with Crippen LogP contribution in [0, 0.1) is 5.92 Å². The van der Waals surface area contributed by atoms with E-state index in [1.807, 2.05) is 13.8 Å². The van der Waals surface area contributed by atoms with E-state index in [-0.39, 0.29) is 11.9 Å². The Bertz CT molecular complexity index is 294. The number of hydrogen-bond acceptors (Lipinski definition) is 3. The first kappa shape index (κ1) is 24.4. The molecule has 2 atom stereocenters. The number of nitrogens with two attached hydrogens (primary N) is 1. The summed E-state index contributed by atoms with van der Waals surface area (Å²) in [6, 6.07) is -0.461. The molecule has 0 saturated heterocycles. The van der Waals surface area contributed by atoms with Gasteiger partial charge in [0.25, 0.3) is 0 Å². The highest BCUT2D eigenvalue weighted by atomic mass is 16.5. The lowest BCUT2D eigenvalue weighted by atomic mass is 10.0. The van der Waals surface area contributed by atoms with Gasteiger partial charge in [-0.25, -0.2) is 0 Å². The maximum atomic E-state index is 11.7. The topological polar surface area (TPSA) is 52.3 Å². The molecular formula is C22H45NO2. The molecule has 0 aliphatic rings. The Kier molecular flexibility index (Phi) is 17.8. The van der Waals surface area contributed by atoms with Crippen molar-refractivity contribution >= 4 is 5.97 Å². The zero-order chi connectivity index (χ0) is 18.8. The average molecular weight is 356 g/mol. The SMILES string of the molecule is CCCCCCCCCCCCCCCCOC(=O)[C@@H](N)[C@@H](C)CC. The van der Waals surface area contributed by atoms with Crippen LogP contribution >= 0.6 is 0 Å². The van der Waals surface area contributed by atoms with Crippen molar-refractivity contribution in [3.8, 4) is 0 Å². The van der Waals surface area contributed by atoms with Crippen LogP contribution in [0.5, 0.6) is 0 Å². The Morgan fingerprint density at radius 1 is 0.760 bits per heavy atom. The van der Waals surface area contributed by atoms with E-state index < -0.39 is 6.04 Å². The lowest BCUT2D eigenvalue weighted by molar-refractivity contribution is -0.146. The van der Waals surface area contributed by atoms with Crippen LogP contribution in [-0.4, -0.2) is 18.6 Å². The normalized spacial score (nSPS) is 13.6. The summed E-state index contributed by atoms with van der Waals surface area (Å²) in [6.07, 6.45) is 19.6. The Hall–Kier alpha value is -0.570. The van der Waals surface area contributed by atoms with Crippen LogP contribution in [0.3, 0.4) is 0 Å². The van der Waals surface area contributed by atoms with Crippen molar-refractivity contribution in [3.05, 3.63) is 0 Å². The van der Waals surface area contributed by atoms with Crippen molar-refractivity contribution in [2.45, 2.75) is 123 Å². The molecule has 0 heterocycles. The average Bonchev–Trinajstić information content (AvgIpc) is 2.63. The van der Waals surface area contributed by atoms with Crippen LogP contribution in [0.2, 0.25) is 0 Å². The van der Waals surface area contributed by atoms with Gasteiger partial charge in [0.2, 0.25) is 0 Å². The van der Waals surface area contributed by atoms with Gasteiger partial charge >= 0.3 is 5.97 Å². The Labute approximate surface area is 157 Å². The summed E-state index contributed by atoms with van der Waals surface area (Å²) in [5.41, 5.74) is 5.86. The number of ether oxygens (including phenoxy) is 1. The number of carbonyl (C=O) groups excluding carboxylic acids is 1. The van der Waals surface area contributed by atoms with Gasteiger partial charge in [0.05, 0.1) is 6.61 Å². The molecule has 0 fully saturated rings. The molecule has 0 aromatic carbocycles. The maximum Gasteiger partial charge on any atom is 0.323 e. The van der Waals surface area contributed by atoms with E-state index in [0.29, 0.717) is 6.61 Å². The minimum atomic E-state index is -0.461.